The molecule has 0 amide bonds. The van der Waals surface area contributed by atoms with E-state index in [1.54, 1.807) is 0 Å². The van der Waals surface area contributed by atoms with Crippen molar-refractivity contribution in [2.24, 2.45) is 17.3 Å². The van der Waals surface area contributed by atoms with Gasteiger partial charge >= 0.3 is 5.97 Å². The van der Waals surface area contributed by atoms with Crippen LogP contribution in [0.1, 0.15) is 33.1 Å². The minimum Gasteiger partial charge on any atom is -0.461 e. The fourth-order valence-corrected chi connectivity index (χ4v) is 3.60. The molecule has 0 spiro atoms. The zero-order valence-corrected chi connectivity index (χ0v) is 11.2. The van der Waals surface area contributed by atoms with Gasteiger partial charge in [0.05, 0.1) is 6.10 Å². The first kappa shape index (κ1) is 12.8. The molecule has 2 saturated carbocycles. The van der Waals surface area contributed by atoms with Crippen LogP contribution in [0, 0.1) is 27.4 Å². The molecule has 0 N–H and O–H groups in total. The Labute approximate surface area is 111 Å². The fourth-order valence-electron chi connectivity index (χ4n) is 3.60. The summed E-state index contributed by atoms with van der Waals surface area (Å²) >= 11 is 0. The van der Waals surface area contributed by atoms with Gasteiger partial charge in [-0.05, 0) is 12.8 Å². The van der Waals surface area contributed by atoms with Gasteiger partial charge in [-0.2, -0.15) is 0 Å². The van der Waals surface area contributed by atoms with Crippen LogP contribution in [0.3, 0.4) is 0 Å². The number of carbonyl (C=O) groups is 1. The van der Waals surface area contributed by atoms with Crippen LogP contribution in [0.15, 0.2) is 0 Å². The normalized spacial score (nSPS) is 42.7. The van der Waals surface area contributed by atoms with Crippen molar-refractivity contribution in [2.45, 2.75) is 51.4 Å². The van der Waals surface area contributed by atoms with Crippen LogP contribution >= 0.6 is 0 Å². The zero-order chi connectivity index (χ0) is 13.8. The Kier molecular flexibility index (Phi) is 2.81. The average Bonchev–Trinajstić information content (AvgIpc) is 3.16. The minimum atomic E-state index is -0.728. The monoisotopic (exact) mass is 269 g/mol. The number of nitro groups is 1. The summed E-state index contributed by atoms with van der Waals surface area (Å²) in [4.78, 5) is 22.1. The van der Waals surface area contributed by atoms with Gasteiger partial charge in [-0.3, -0.25) is 14.9 Å². The highest BCUT2D eigenvalue weighted by Crippen LogP contribution is 2.53. The molecule has 19 heavy (non-hydrogen) atoms. The molecule has 3 aliphatic rings. The van der Waals surface area contributed by atoms with E-state index < -0.39 is 17.9 Å². The second-order valence-corrected chi connectivity index (χ2v) is 6.47. The van der Waals surface area contributed by atoms with Crippen LogP contribution in [0.5, 0.6) is 0 Å². The van der Waals surface area contributed by atoms with Crippen LogP contribution in [-0.4, -0.2) is 35.7 Å². The topological polar surface area (TPSA) is 78.7 Å². The third kappa shape index (κ3) is 1.93. The second-order valence-electron chi connectivity index (χ2n) is 6.47. The first-order valence-corrected chi connectivity index (χ1v) is 6.88. The predicted molar refractivity (Wildman–Crippen MR) is 65.0 cm³/mol. The van der Waals surface area contributed by atoms with Crippen LogP contribution in [-0.2, 0) is 14.3 Å². The van der Waals surface area contributed by atoms with Gasteiger partial charge in [0.1, 0.15) is 12.0 Å². The molecule has 5 atom stereocenters. The number of nitrogens with zero attached hydrogens (tertiary/aromatic N) is 1. The van der Waals surface area contributed by atoms with E-state index in [0.717, 1.165) is 19.4 Å². The molecule has 6 heteroatoms. The lowest BCUT2D eigenvalue weighted by molar-refractivity contribution is -0.497. The van der Waals surface area contributed by atoms with Crippen molar-refractivity contribution in [1.29, 1.82) is 0 Å². The van der Waals surface area contributed by atoms with E-state index >= 15 is 0 Å². The van der Waals surface area contributed by atoms with E-state index in [4.69, 9.17) is 9.47 Å². The quantitative estimate of drug-likeness (QED) is 0.439. The molecule has 5 unspecified atom stereocenters. The molecule has 3 fully saturated rings. The molecular weight excluding hydrogens is 250 g/mol. The summed E-state index contributed by atoms with van der Waals surface area (Å²) in [5, 5.41) is 10.6. The summed E-state index contributed by atoms with van der Waals surface area (Å²) in [6.45, 7) is 4.85. The summed E-state index contributed by atoms with van der Waals surface area (Å²) in [6.07, 6.45) is 2.33. The third-order valence-corrected chi connectivity index (χ3v) is 4.80. The van der Waals surface area contributed by atoms with E-state index in [9.17, 15) is 14.9 Å². The van der Waals surface area contributed by atoms with Crippen LogP contribution < -0.4 is 0 Å². The predicted octanol–water partition coefficient (Wildman–Crippen LogP) is 1.40. The van der Waals surface area contributed by atoms with Gasteiger partial charge in [-0.1, -0.05) is 13.8 Å². The van der Waals surface area contributed by atoms with E-state index in [0.29, 0.717) is 6.42 Å². The number of fused-ring (bicyclic) bond motifs is 1. The molecule has 3 rings (SSSR count). The lowest BCUT2D eigenvalue weighted by Gasteiger charge is -2.58. The Morgan fingerprint density at radius 3 is 2.84 bits per heavy atom. The standard InChI is InChI=1S/C13H19NO5/c1-13(2)10-7(4-3-5-18-10)11(13)19-12(15)8-6-9(8)14(16)17/h7-11H,3-6H2,1-2H3. The van der Waals surface area contributed by atoms with Gasteiger partial charge in [-0.15, -0.1) is 0 Å². The van der Waals surface area contributed by atoms with Gasteiger partial charge in [0, 0.05) is 29.3 Å². The Morgan fingerprint density at radius 2 is 2.21 bits per heavy atom. The lowest BCUT2D eigenvalue weighted by Crippen LogP contribution is -2.65. The molecular formula is C13H19NO5. The first-order chi connectivity index (χ1) is 8.93. The highest BCUT2D eigenvalue weighted by molar-refractivity contribution is 5.76. The van der Waals surface area contributed by atoms with E-state index in [-0.39, 0.29) is 28.5 Å². The Balaban J connectivity index is 1.61. The lowest BCUT2D eigenvalue weighted by atomic mass is 9.57. The third-order valence-electron chi connectivity index (χ3n) is 4.80. The van der Waals surface area contributed by atoms with Crippen molar-refractivity contribution in [2.75, 3.05) is 6.61 Å². The number of esters is 1. The summed E-state index contributed by atoms with van der Waals surface area (Å²) in [5.74, 6) is -0.668. The Morgan fingerprint density at radius 1 is 1.47 bits per heavy atom. The average molecular weight is 269 g/mol. The van der Waals surface area contributed by atoms with Crippen molar-refractivity contribution in [3.8, 4) is 0 Å². The first-order valence-electron chi connectivity index (χ1n) is 6.88. The van der Waals surface area contributed by atoms with Crippen molar-refractivity contribution in [1.82, 2.24) is 0 Å². The number of hydrogen-bond donors (Lipinski definition) is 0. The highest BCUT2D eigenvalue weighted by Gasteiger charge is 2.62. The summed E-state index contributed by atoms with van der Waals surface area (Å²) in [6, 6.07) is -0.728. The van der Waals surface area contributed by atoms with Crippen LogP contribution in [0.25, 0.3) is 0 Å². The van der Waals surface area contributed by atoms with Gasteiger partial charge in [0.25, 0.3) is 0 Å². The number of ether oxygens (including phenoxy) is 2. The minimum absolute atomic E-state index is 0.154. The number of hydrogen-bond acceptors (Lipinski definition) is 5. The largest absolute Gasteiger partial charge is 0.461 e. The Hall–Kier alpha value is -1.17. The molecule has 106 valence electrons. The van der Waals surface area contributed by atoms with Gasteiger partial charge in [-0.25, -0.2) is 0 Å². The molecule has 1 aliphatic heterocycles. The maximum absolute atomic E-state index is 11.9. The SMILES string of the molecule is CC1(C)C2OCCCC2C1OC(=O)C1CC1[N+](=O)[O-]. The van der Waals surface area contributed by atoms with Crippen molar-refractivity contribution < 1.29 is 19.2 Å². The molecule has 6 nitrogen and oxygen atoms in total. The Bertz CT molecular complexity index is 421. The number of rotatable bonds is 3. The van der Waals surface area contributed by atoms with Gasteiger partial charge in [0.15, 0.2) is 0 Å². The molecule has 0 bridgehead atoms. The molecule has 0 radical (unpaired) electrons. The summed E-state index contributed by atoms with van der Waals surface area (Å²) in [5.41, 5.74) is -0.181. The molecule has 2 aliphatic carbocycles. The fraction of sp³-hybridized carbons (Fsp3) is 0.923. The van der Waals surface area contributed by atoms with Crippen molar-refractivity contribution in [3.63, 3.8) is 0 Å². The maximum Gasteiger partial charge on any atom is 0.316 e. The smallest absolute Gasteiger partial charge is 0.316 e. The summed E-state index contributed by atoms with van der Waals surface area (Å²) < 4.78 is 11.3. The molecule has 0 aromatic rings. The molecule has 1 heterocycles. The number of carbonyl (C=O) groups excluding carboxylic acids is 1. The second kappa shape index (κ2) is 4.16. The van der Waals surface area contributed by atoms with Gasteiger partial charge in [0.2, 0.25) is 6.04 Å². The van der Waals surface area contributed by atoms with Crippen molar-refractivity contribution in [3.05, 3.63) is 10.1 Å². The van der Waals surface area contributed by atoms with Crippen LogP contribution in [0.2, 0.25) is 0 Å². The zero-order valence-electron chi connectivity index (χ0n) is 11.2. The van der Waals surface area contributed by atoms with E-state index in [1.807, 2.05) is 13.8 Å². The molecule has 0 aromatic heterocycles. The molecule has 1 saturated heterocycles. The molecule has 0 aromatic carbocycles. The van der Waals surface area contributed by atoms with E-state index in [1.165, 1.54) is 0 Å². The van der Waals surface area contributed by atoms with Crippen LogP contribution in [0.4, 0.5) is 0 Å². The maximum atomic E-state index is 11.9. The summed E-state index contributed by atoms with van der Waals surface area (Å²) in [7, 11) is 0. The highest BCUT2D eigenvalue weighted by atomic mass is 16.6. The van der Waals surface area contributed by atoms with E-state index in [2.05, 4.69) is 0 Å². The van der Waals surface area contributed by atoms with Gasteiger partial charge < -0.3 is 9.47 Å². The van der Waals surface area contributed by atoms with Crippen molar-refractivity contribution >= 4 is 5.97 Å².